The van der Waals surface area contributed by atoms with Crippen molar-refractivity contribution in [1.82, 2.24) is 5.32 Å². The fourth-order valence-electron chi connectivity index (χ4n) is 1.44. The van der Waals surface area contributed by atoms with Crippen molar-refractivity contribution in [1.29, 1.82) is 0 Å². The second kappa shape index (κ2) is 5.51. The molecule has 82 valence electrons. The maximum absolute atomic E-state index is 10.5. The summed E-state index contributed by atoms with van der Waals surface area (Å²) in [5, 5.41) is 3.20. The zero-order valence-corrected chi connectivity index (χ0v) is 9.34. The van der Waals surface area contributed by atoms with Gasteiger partial charge in [-0.1, -0.05) is 18.2 Å². The number of rotatable bonds is 5. The van der Waals surface area contributed by atoms with E-state index in [1.807, 2.05) is 6.07 Å². The molecular weight excluding hydrogens is 188 g/mol. The average Bonchev–Trinajstić information content (AvgIpc) is 2.18. The molecule has 1 aromatic rings. The third-order valence-corrected chi connectivity index (χ3v) is 2.58. The van der Waals surface area contributed by atoms with Crippen molar-refractivity contribution in [2.75, 3.05) is 6.54 Å². The number of hydrogen-bond acceptors (Lipinski definition) is 2. The van der Waals surface area contributed by atoms with Crippen LogP contribution in [0.5, 0.6) is 0 Å². The summed E-state index contributed by atoms with van der Waals surface area (Å²) in [7, 11) is 0. The van der Waals surface area contributed by atoms with Crippen molar-refractivity contribution >= 4 is 5.91 Å². The number of carbonyl (C=O) groups excluding carboxylic acids is 1. The minimum absolute atomic E-state index is 0.261. The SMILES string of the molecule is Cc1cccc(CNCCC(N)=O)c1C. The maximum atomic E-state index is 10.5. The van der Waals surface area contributed by atoms with Gasteiger partial charge in [0.25, 0.3) is 0 Å². The summed E-state index contributed by atoms with van der Waals surface area (Å²) >= 11 is 0. The Hall–Kier alpha value is -1.35. The molecule has 1 amide bonds. The van der Waals surface area contributed by atoms with Gasteiger partial charge in [0, 0.05) is 19.5 Å². The highest BCUT2D eigenvalue weighted by atomic mass is 16.1. The fourth-order valence-corrected chi connectivity index (χ4v) is 1.44. The van der Waals surface area contributed by atoms with Crippen LogP contribution in [-0.2, 0) is 11.3 Å². The minimum Gasteiger partial charge on any atom is -0.370 e. The number of nitrogens with one attached hydrogen (secondary N) is 1. The van der Waals surface area contributed by atoms with Gasteiger partial charge in [-0.05, 0) is 30.5 Å². The molecule has 0 aromatic heterocycles. The lowest BCUT2D eigenvalue weighted by atomic mass is 10.0. The Morgan fingerprint density at radius 2 is 2.13 bits per heavy atom. The topological polar surface area (TPSA) is 55.1 Å². The molecule has 1 aromatic carbocycles. The maximum Gasteiger partial charge on any atom is 0.218 e. The first kappa shape index (κ1) is 11.7. The van der Waals surface area contributed by atoms with Gasteiger partial charge < -0.3 is 11.1 Å². The summed E-state index contributed by atoms with van der Waals surface area (Å²) in [6.45, 7) is 5.65. The van der Waals surface area contributed by atoms with E-state index in [0.29, 0.717) is 13.0 Å². The predicted octanol–water partition coefficient (Wildman–Crippen LogP) is 1.27. The van der Waals surface area contributed by atoms with Crippen LogP contribution in [0.1, 0.15) is 23.1 Å². The van der Waals surface area contributed by atoms with Gasteiger partial charge in [-0.15, -0.1) is 0 Å². The Bertz CT molecular complexity index is 347. The van der Waals surface area contributed by atoms with Gasteiger partial charge in [0.15, 0.2) is 0 Å². The van der Waals surface area contributed by atoms with E-state index in [0.717, 1.165) is 6.54 Å². The van der Waals surface area contributed by atoms with Crippen LogP contribution in [-0.4, -0.2) is 12.5 Å². The Kier molecular flexibility index (Phi) is 4.31. The smallest absolute Gasteiger partial charge is 0.218 e. The molecule has 0 radical (unpaired) electrons. The van der Waals surface area contributed by atoms with Crippen LogP contribution in [0.3, 0.4) is 0 Å². The van der Waals surface area contributed by atoms with Crippen molar-refractivity contribution in [2.24, 2.45) is 5.73 Å². The van der Waals surface area contributed by atoms with E-state index in [-0.39, 0.29) is 5.91 Å². The van der Waals surface area contributed by atoms with Crippen LogP contribution in [0.25, 0.3) is 0 Å². The molecule has 3 N–H and O–H groups in total. The van der Waals surface area contributed by atoms with Crippen LogP contribution >= 0.6 is 0 Å². The second-order valence-electron chi connectivity index (χ2n) is 3.75. The van der Waals surface area contributed by atoms with E-state index >= 15 is 0 Å². The molecule has 0 saturated carbocycles. The Morgan fingerprint density at radius 1 is 1.40 bits per heavy atom. The number of amides is 1. The largest absolute Gasteiger partial charge is 0.370 e. The Morgan fingerprint density at radius 3 is 2.80 bits per heavy atom. The molecular formula is C12H18N2O. The van der Waals surface area contributed by atoms with Gasteiger partial charge in [-0.3, -0.25) is 4.79 Å². The Balaban J connectivity index is 2.44. The molecule has 0 spiro atoms. The Labute approximate surface area is 90.7 Å². The molecule has 0 heterocycles. The molecule has 15 heavy (non-hydrogen) atoms. The summed E-state index contributed by atoms with van der Waals surface area (Å²) in [6, 6.07) is 6.25. The molecule has 0 saturated heterocycles. The lowest BCUT2D eigenvalue weighted by Crippen LogP contribution is -2.22. The van der Waals surface area contributed by atoms with Crippen molar-refractivity contribution < 1.29 is 4.79 Å². The number of aryl methyl sites for hydroxylation is 1. The normalized spacial score (nSPS) is 10.3. The van der Waals surface area contributed by atoms with E-state index < -0.39 is 0 Å². The quantitative estimate of drug-likeness (QED) is 0.713. The fraction of sp³-hybridized carbons (Fsp3) is 0.417. The number of primary amides is 1. The molecule has 0 aliphatic rings. The lowest BCUT2D eigenvalue weighted by molar-refractivity contribution is -0.117. The first-order valence-electron chi connectivity index (χ1n) is 5.15. The van der Waals surface area contributed by atoms with Crippen molar-refractivity contribution in [3.63, 3.8) is 0 Å². The van der Waals surface area contributed by atoms with Gasteiger partial charge >= 0.3 is 0 Å². The highest BCUT2D eigenvalue weighted by Crippen LogP contribution is 2.11. The molecule has 1 rings (SSSR count). The number of benzene rings is 1. The number of hydrogen-bond donors (Lipinski definition) is 2. The van der Waals surface area contributed by atoms with Crippen LogP contribution in [0.4, 0.5) is 0 Å². The molecule has 0 fully saturated rings. The van der Waals surface area contributed by atoms with E-state index in [1.165, 1.54) is 16.7 Å². The van der Waals surface area contributed by atoms with E-state index in [1.54, 1.807) is 0 Å². The molecule has 3 nitrogen and oxygen atoms in total. The van der Waals surface area contributed by atoms with Crippen LogP contribution in [0.15, 0.2) is 18.2 Å². The lowest BCUT2D eigenvalue weighted by Gasteiger charge is -2.09. The van der Waals surface area contributed by atoms with Crippen molar-refractivity contribution in [2.45, 2.75) is 26.8 Å². The molecule has 0 aliphatic heterocycles. The number of nitrogens with two attached hydrogens (primary N) is 1. The minimum atomic E-state index is -0.261. The average molecular weight is 206 g/mol. The summed E-state index contributed by atoms with van der Waals surface area (Å²) in [5.41, 5.74) is 8.93. The third-order valence-electron chi connectivity index (χ3n) is 2.58. The predicted molar refractivity (Wildman–Crippen MR) is 61.4 cm³/mol. The van der Waals surface area contributed by atoms with Gasteiger partial charge in [-0.25, -0.2) is 0 Å². The standard InChI is InChI=1S/C12H18N2O/c1-9-4-3-5-11(10(9)2)8-14-7-6-12(13)15/h3-5,14H,6-8H2,1-2H3,(H2,13,15). The van der Waals surface area contributed by atoms with Crippen LogP contribution in [0.2, 0.25) is 0 Å². The first-order valence-corrected chi connectivity index (χ1v) is 5.15. The van der Waals surface area contributed by atoms with Crippen molar-refractivity contribution in [3.05, 3.63) is 34.9 Å². The summed E-state index contributed by atoms with van der Waals surface area (Å²) in [4.78, 5) is 10.5. The first-order chi connectivity index (χ1) is 7.11. The molecule has 3 heteroatoms. The van der Waals surface area contributed by atoms with Gasteiger partial charge in [-0.2, -0.15) is 0 Å². The molecule has 0 atom stereocenters. The van der Waals surface area contributed by atoms with Gasteiger partial charge in [0.05, 0.1) is 0 Å². The second-order valence-corrected chi connectivity index (χ2v) is 3.75. The van der Waals surface area contributed by atoms with Crippen LogP contribution in [0, 0.1) is 13.8 Å². The molecule has 0 unspecified atom stereocenters. The summed E-state index contributed by atoms with van der Waals surface area (Å²) in [6.07, 6.45) is 0.394. The molecule has 0 aliphatic carbocycles. The zero-order valence-electron chi connectivity index (χ0n) is 9.34. The molecule has 0 bridgehead atoms. The zero-order chi connectivity index (χ0) is 11.3. The summed E-state index contributed by atoms with van der Waals surface area (Å²) in [5.74, 6) is -0.261. The van der Waals surface area contributed by atoms with E-state index in [4.69, 9.17) is 5.73 Å². The highest BCUT2D eigenvalue weighted by molar-refractivity contribution is 5.73. The van der Waals surface area contributed by atoms with E-state index in [2.05, 4.69) is 31.3 Å². The monoisotopic (exact) mass is 206 g/mol. The van der Waals surface area contributed by atoms with Crippen LogP contribution < -0.4 is 11.1 Å². The van der Waals surface area contributed by atoms with Gasteiger partial charge in [0.2, 0.25) is 5.91 Å². The van der Waals surface area contributed by atoms with Gasteiger partial charge in [0.1, 0.15) is 0 Å². The van der Waals surface area contributed by atoms with E-state index in [9.17, 15) is 4.79 Å². The van der Waals surface area contributed by atoms with Crippen molar-refractivity contribution in [3.8, 4) is 0 Å². The third kappa shape index (κ3) is 3.72. The number of carbonyl (C=O) groups is 1. The summed E-state index contributed by atoms with van der Waals surface area (Å²) < 4.78 is 0. The highest BCUT2D eigenvalue weighted by Gasteiger charge is 2.00.